The van der Waals surface area contributed by atoms with Gasteiger partial charge in [-0.2, -0.15) is 0 Å². The largest absolute Gasteiger partial charge is 0.322 e. The number of hydrogen-bond acceptors (Lipinski definition) is 3. The molecule has 0 fully saturated rings. The zero-order valence-electron chi connectivity index (χ0n) is 8.45. The Labute approximate surface area is 83.5 Å². The second kappa shape index (κ2) is 4.21. The topological polar surface area (TPSA) is 72.3 Å². The van der Waals surface area contributed by atoms with Crippen molar-refractivity contribution in [3.05, 3.63) is 29.3 Å². The summed E-state index contributed by atoms with van der Waals surface area (Å²) in [5, 5.41) is 1.08. The number of nitrogens with zero attached hydrogens (tertiary/aromatic N) is 1. The Morgan fingerprint density at radius 1 is 1.36 bits per heavy atom. The number of amides is 1. The van der Waals surface area contributed by atoms with Crippen LogP contribution < -0.4 is 16.6 Å². The summed E-state index contributed by atoms with van der Waals surface area (Å²) >= 11 is 0. The normalized spacial score (nSPS) is 10.0. The van der Waals surface area contributed by atoms with Gasteiger partial charge in [0.25, 0.3) is 5.91 Å². The summed E-state index contributed by atoms with van der Waals surface area (Å²) < 4.78 is 0. The van der Waals surface area contributed by atoms with Crippen LogP contribution in [0.3, 0.4) is 0 Å². The minimum absolute atomic E-state index is 0.0799. The quantitative estimate of drug-likeness (QED) is 0.407. The molecule has 1 aromatic carbocycles. The van der Waals surface area contributed by atoms with Gasteiger partial charge in [-0.25, -0.2) is 10.9 Å². The molecule has 0 heterocycles. The van der Waals surface area contributed by atoms with Crippen LogP contribution in [0.15, 0.2) is 18.2 Å². The van der Waals surface area contributed by atoms with E-state index in [9.17, 15) is 4.79 Å². The first-order valence-corrected chi connectivity index (χ1v) is 4.41. The van der Waals surface area contributed by atoms with E-state index in [2.05, 4.69) is 0 Å². The molecular formula is C10H15N3O. The smallest absolute Gasteiger partial charge is 0.254 e. The maximum atomic E-state index is 11.2. The molecule has 0 aliphatic rings. The maximum Gasteiger partial charge on any atom is 0.254 e. The number of hydrogen-bond donors (Lipinski definition) is 2. The maximum absolute atomic E-state index is 11.2. The van der Waals surface area contributed by atoms with Gasteiger partial charge in [-0.15, -0.1) is 0 Å². The van der Waals surface area contributed by atoms with Gasteiger partial charge in [0.05, 0.1) is 12.2 Å². The van der Waals surface area contributed by atoms with Crippen LogP contribution in [0.25, 0.3) is 0 Å². The molecule has 0 aromatic heterocycles. The highest BCUT2D eigenvalue weighted by Gasteiger charge is 2.09. The van der Waals surface area contributed by atoms with Gasteiger partial charge < -0.3 is 5.73 Å². The van der Waals surface area contributed by atoms with Crippen molar-refractivity contribution in [1.82, 2.24) is 0 Å². The van der Waals surface area contributed by atoms with Crippen molar-refractivity contribution >= 4 is 11.6 Å². The third-order valence-electron chi connectivity index (χ3n) is 2.21. The number of carbonyl (C=O) groups is 1. The van der Waals surface area contributed by atoms with Crippen LogP contribution in [0.2, 0.25) is 0 Å². The lowest BCUT2D eigenvalue weighted by molar-refractivity contribution is -0.117. The Balaban J connectivity index is 2.96. The number of anilines is 1. The van der Waals surface area contributed by atoms with Crippen molar-refractivity contribution in [3.63, 3.8) is 0 Å². The van der Waals surface area contributed by atoms with Gasteiger partial charge in [-0.1, -0.05) is 6.07 Å². The molecule has 1 rings (SSSR count). The fourth-order valence-electron chi connectivity index (χ4n) is 1.12. The van der Waals surface area contributed by atoms with Gasteiger partial charge in [0.1, 0.15) is 0 Å². The first-order valence-electron chi connectivity index (χ1n) is 4.41. The van der Waals surface area contributed by atoms with Crippen LogP contribution in [0.4, 0.5) is 5.69 Å². The number of aryl methyl sites for hydroxylation is 2. The van der Waals surface area contributed by atoms with Gasteiger partial charge in [0, 0.05) is 0 Å². The molecule has 1 aromatic rings. The molecule has 0 saturated heterocycles. The van der Waals surface area contributed by atoms with Gasteiger partial charge in [-0.05, 0) is 37.1 Å². The SMILES string of the molecule is Cc1ccc(N(N)C(=O)CN)cc1C. The predicted octanol–water partition coefficient (Wildman–Crippen LogP) is 0.469. The third kappa shape index (κ3) is 2.10. The summed E-state index contributed by atoms with van der Waals surface area (Å²) in [6, 6.07) is 5.59. The average molecular weight is 193 g/mol. The molecule has 1 amide bonds. The fraction of sp³-hybridized carbons (Fsp3) is 0.300. The summed E-state index contributed by atoms with van der Waals surface area (Å²) in [4.78, 5) is 11.2. The second-order valence-corrected chi connectivity index (χ2v) is 3.24. The Kier molecular flexibility index (Phi) is 3.22. The molecule has 0 aliphatic heterocycles. The highest BCUT2D eigenvalue weighted by atomic mass is 16.2. The molecule has 0 spiro atoms. The van der Waals surface area contributed by atoms with Gasteiger partial charge >= 0.3 is 0 Å². The summed E-state index contributed by atoms with van der Waals surface area (Å²) in [6.45, 7) is 3.90. The Morgan fingerprint density at radius 2 is 2.00 bits per heavy atom. The van der Waals surface area contributed by atoms with Crippen LogP contribution >= 0.6 is 0 Å². The van der Waals surface area contributed by atoms with Crippen molar-refractivity contribution in [2.45, 2.75) is 13.8 Å². The monoisotopic (exact) mass is 193 g/mol. The minimum Gasteiger partial charge on any atom is -0.322 e. The highest BCUT2D eigenvalue weighted by Crippen LogP contribution is 2.16. The van der Waals surface area contributed by atoms with Gasteiger partial charge in [0.2, 0.25) is 0 Å². The number of carbonyl (C=O) groups excluding carboxylic acids is 1. The molecule has 0 saturated carbocycles. The van der Waals surface area contributed by atoms with E-state index in [0.29, 0.717) is 5.69 Å². The molecule has 4 nitrogen and oxygen atoms in total. The number of benzene rings is 1. The number of nitrogens with two attached hydrogens (primary N) is 2. The van der Waals surface area contributed by atoms with E-state index in [1.807, 2.05) is 26.0 Å². The van der Waals surface area contributed by atoms with E-state index in [-0.39, 0.29) is 12.5 Å². The van der Waals surface area contributed by atoms with Gasteiger partial charge in [-0.3, -0.25) is 4.79 Å². The van der Waals surface area contributed by atoms with E-state index < -0.39 is 0 Å². The molecule has 0 unspecified atom stereocenters. The standard InChI is InChI=1S/C10H15N3O/c1-7-3-4-9(5-8(7)2)13(12)10(14)6-11/h3-5H,6,11-12H2,1-2H3. The zero-order chi connectivity index (χ0) is 10.7. The first-order chi connectivity index (χ1) is 6.56. The van der Waals surface area contributed by atoms with Crippen LogP contribution in [-0.4, -0.2) is 12.5 Å². The van der Waals surface area contributed by atoms with E-state index in [0.717, 1.165) is 10.6 Å². The van der Waals surface area contributed by atoms with E-state index in [4.69, 9.17) is 11.6 Å². The summed E-state index contributed by atoms with van der Waals surface area (Å²) in [7, 11) is 0. The van der Waals surface area contributed by atoms with Crippen molar-refractivity contribution in [1.29, 1.82) is 0 Å². The third-order valence-corrected chi connectivity index (χ3v) is 2.21. The fourth-order valence-corrected chi connectivity index (χ4v) is 1.12. The summed E-state index contributed by atoms with van der Waals surface area (Å²) in [5.74, 6) is 5.27. The lowest BCUT2D eigenvalue weighted by atomic mass is 10.1. The predicted molar refractivity (Wildman–Crippen MR) is 56.6 cm³/mol. The average Bonchev–Trinajstić information content (AvgIpc) is 2.20. The number of rotatable bonds is 2. The second-order valence-electron chi connectivity index (χ2n) is 3.24. The molecule has 0 radical (unpaired) electrons. The molecule has 0 aliphatic carbocycles. The number of hydrazine groups is 1. The summed E-state index contributed by atoms with van der Waals surface area (Å²) in [5.41, 5.74) is 8.15. The Morgan fingerprint density at radius 3 is 2.50 bits per heavy atom. The van der Waals surface area contributed by atoms with Crippen molar-refractivity contribution in [2.75, 3.05) is 11.6 Å². The first kappa shape index (κ1) is 10.7. The summed E-state index contributed by atoms with van der Waals surface area (Å²) in [6.07, 6.45) is 0. The highest BCUT2D eigenvalue weighted by molar-refractivity contribution is 5.93. The molecule has 0 atom stereocenters. The molecule has 0 bridgehead atoms. The van der Waals surface area contributed by atoms with E-state index in [1.165, 1.54) is 5.56 Å². The van der Waals surface area contributed by atoms with Crippen molar-refractivity contribution < 1.29 is 4.79 Å². The molecule has 14 heavy (non-hydrogen) atoms. The Hall–Kier alpha value is -1.39. The lowest BCUT2D eigenvalue weighted by Crippen LogP contribution is -2.41. The van der Waals surface area contributed by atoms with E-state index >= 15 is 0 Å². The van der Waals surface area contributed by atoms with Crippen LogP contribution in [0.5, 0.6) is 0 Å². The Bertz CT molecular complexity index is 349. The van der Waals surface area contributed by atoms with Crippen molar-refractivity contribution in [2.24, 2.45) is 11.6 Å². The molecular weight excluding hydrogens is 178 g/mol. The van der Waals surface area contributed by atoms with E-state index in [1.54, 1.807) is 6.07 Å². The molecule has 76 valence electrons. The lowest BCUT2D eigenvalue weighted by Gasteiger charge is -2.16. The molecule has 4 heteroatoms. The van der Waals surface area contributed by atoms with Crippen molar-refractivity contribution in [3.8, 4) is 0 Å². The zero-order valence-corrected chi connectivity index (χ0v) is 8.45. The van der Waals surface area contributed by atoms with Crippen LogP contribution in [0.1, 0.15) is 11.1 Å². The van der Waals surface area contributed by atoms with Gasteiger partial charge in [0.15, 0.2) is 0 Å². The van der Waals surface area contributed by atoms with Crippen LogP contribution in [0, 0.1) is 13.8 Å². The molecule has 4 N–H and O–H groups in total. The minimum atomic E-state index is -0.298. The van der Waals surface area contributed by atoms with Crippen LogP contribution in [-0.2, 0) is 4.79 Å².